The van der Waals surface area contributed by atoms with E-state index in [4.69, 9.17) is 9.15 Å². The second kappa shape index (κ2) is 8.93. The number of carbonyl (C=O) groups is 1. The van der Waals surface area contributed by atoms with Crippen LogP contribution in [0.3, 0.4) is 0 Å². The van der Waals surface area contributed by atoms with Crippen LogP contribution in [0.1, 0.15) is 36.5 Å². The Labute approximate surface area is 174 Å². The van der Waals surface area contributed by atoms with Gasteiger partial charge in [-0.1, -0.05) is 19.9 Å². The molecule has 0 N–H and O–H groups in total. The van der Waals surface area contributed by atoms with Gasteiger partial charge in [-0.15, -0.1) is 11.3 Å². The van der Waals surface area contributed by atoms with Crippen LogP contribution in [-0.2, 0) is 22.7 Å². The molecule has 7 heteroatoms. The lowest BCUT2D eigenvalue weighted by Crippen LogP contribution is -2.08. The summed E-state index contributed by atoms with van der Waals surface area (Å²) in [6.45, 7) is 9.14. The summed E-state index contributed by atoms with van der Waals surface area (Å²) in [6.07, 6.45) is 3.04. The van der Waals surface area contributed by atoms with Crippen molar-refractivity contribution >= 4 is 23.4 Å². The number of aromatic nitrogens is 2. The van der Waals surface area contributed by atoms with Crippen LogP contribution in [0.4, 0.5) is 0 Å². The van der Waals surface area contributed by atoms with Crippen LogP contribution in [0.25, 0.3) is 16.8 Å². The van der Waals surface area contributed by atoms with Gasteiger partial charge in [-0.2, -0.15) is 5.26 Å². The first-order valence-corrected chi connectivity index (χ1v) is 10.2. The molecule has 0 radical (unpaired) electrons. The van der Waals surface area contributed by atoms with Crippen molar-refractivity contribution in [2.45, 2.75) is 40.8 Å². The highest BCUT2D eigenvalue weighted by molar-refractivity contribution is 7.13. The largest absolute Gasteiger partial charge is 0.455 e. The average molecular weight is 410 g/mol. The molecule has 6 nitrogen and oxygen atoms in total. The minimum atomic E-state index is -0.679. The van der Waals surface area contributed by atoms with Gasteiger partial charge in [0.05, 0.1) is 4.88 Å². The fourth-order valence-electron chi connectivity index (χ4n) is 3.02. The summed E-state index contributed by atoms with van der Waals surface area (Å²) in [4.78, 5) is 17.6. The van der Waals surface area contributed by atoms with E-state index in [0.717, 1.165) is 28.4 Å². The van der Waals surface area contributed by atoms with Crippen LogP contribution in [0.15, 0.2) is 39.8 Å². The van der Waals surface area contributed by atoms with Gasteiger partial charge in [0, 0.05) is 17.9 Å². The number of aryl methyl sites for hydroxylation is 1. The minimum absolute atomic E-state index is 0.0447. The van der Waals surface area contributed by atoms with E-state index >= 15 is 0 Å². The molecule has 0 spiro atoms. The molecule has 0 fully saturated rings. The fraction of sp³-hybridized carbons (Fsp3) is 0.318. The van der Waals surface area contributed by atoms with E-state index in [-0.39, 0.29) is 12.2 Å². The summed E-state index contributed by atoms with van der Waals surface area (Å²) in [7, 11) is 0. The van der Waals surface area contributed by atoms with Crippen molar-refractivity contribution in [2.75, 3.05) is 0 Å². The zero-order valence-corrected chi connectivity index (χ0v) is 17.7. The van der Waals surface area contributed by atoms with Crippen molar-refractivity contribution in [1.82, 2.24) is 9.55 Å². The van der Waals surface area contributed by atoms with Crippen LogP contribution in [0.2, 0.25) is 0 Å². The van der Waals surface area contributed by atoms with E-state index in [1.165, 1.54) is 17.6 Å². The molecule has 3 aromatic heterocycles. The van der Waals surface area contributed by atoms with Gasteiger partial charge < -0.3 is 13.7 Å². The summed E-state index contributed by atoms with van der Waals surface area (Å²) in [5, 5.41) is 11.4. The summed E-state index contributed by atoms with van der Waals surface area (Å²) in [6, 6.07) is 7.74. The van der Waals surface area contributed by atoms with Crippen molar-refractivity contribution in [1.29, 1.82) is 5.26 Å². The number of oxazole rings is 1. The Morgan fingerprint density at radius 2 is 2.24 bits per heavy atom. The monoisotopic (exact) mass is 409 g/mol. The molecule has 0 aliphatic rings. The lowest BCUT2D eigenvalue weighted by Gasteiger charge is -2.12. The van der Waals surface area contributed by atoms with Crippen LogP contribution >= 0.6 is 11.3 Å². The van der Waals surface area contributed by atoms with Gasteiger partial charge in [-0.05, 0) is 48.9 Å². The molecule has 0 amide bonds. The van der Waals surface area contributed by atoms with E-state index in [2.05, 4.69) is 23.4 Å². The van der Waals surface area contributed by atoms with E-state index in [1.807, 2.05) is 43.5 Å². The van der Waals surface area contributed by atoms with Gasteiger partial charge in [-0.25, -0.2) is 9.78 Å². The number of hydrogen-bond acceptors (Lipinski definition) is 6. The normalized spacial score (nSPS) is 11.7. The fourth-order valence-corrected chi connectivity index (χ4v) is 3.67. The number of esters is 1. The molecule has 0 unspecified atom stereocenters. The molecule has 29 heavy (non-hydrogen) atoms. The van der Waals surface area contributed by atoms with Gasteiger partial charge in [0.25, 0.3) is 0 Å². The van der Waals surface area contributed by atoms with E-state index < -0.39 is 5.97 Å². The molecule has 3 heterocycles. The number of thiophene rings is 1. The Kier molecular flexibility index (Phi) is 6.35. The van der Waals surface area contributed by atoms with E-state index in [9.17, 15) is 10.1 Å². The maximum Gasteiger partial charge on any atom is 0.349 e. The maximum atomic E-state index is 12.4. The molecular formula is C22H23N3O3S. The lowest BCUT2D eigenvalue weighted by molar-refractivity contribution is -0.139. The predicted molar refractivity (Wildman–Crippen MR) is 112 cm³/mol. The first kappa shape index (κ1) is 20.6. The molecule has 0 bridgehead atoms. The Hall–Kier alpha value is -3.11. The smallest absolute Gasteiger partial charge is 0.349 e. The van der Waals surface area contributed by atoms with E-state index in [1.54, 1.807) is 6.08 Å². The summed E-state index contributed by atoms with van der Waals surface area (Å²) in [5.74, 6) is 0.306. The highest BCUT2D eigenvalue weighted by Gasteiger charge is 2.16. The molecule has 0 aliphatic heterocycles. The van der Waals surface area contributed by atoms with Gasteiger partial charge in [0.15, 0.2) is 0 Å². The van der Waals surface area contributed by atoms with Crippen LogP contribution < -0.4 is 0 Å². The molecule has 0 aliphatic carbocycles. The highest BCUT2D eigenvalue weighted by atomic mass is 32.1. The first-order valence-electron chi connectivity index (χ1n) is 9.33. The van der Waals surface area contributed by atoms with Gasteiger partial charge >= 0.3 is 5.97 Å². The van der Waals surface area contributed by atoms with Crippen molar-refractivity contribution in [3.05, 3.63) is 58.1 Å². The third kappa shape index (κ3) is 4.84. The molecule has 0 aromatic carbocycles. The van der Waals surface area contributed by atoms with Crippen molar-refractivity contribution in [3.63, 3.8) is 0 Å². The molecule has 0 saturated heterocycles. The molecule has 150 valence electrons. The number of nitriles is 1. The SMILES string of the molecule is Cc1cc(/C=C(\C#N)C(=O)OCc2coc(-c3cccs3)n2)c(C)n1CC(C)C. The summed E-state index contributed by atoms with van der Waals surface area (Å²) in [5.41, 5.74) is 3.41. The van der Waals surface area contributed by atoms with Gasteiger partial charge in [0.1, 0.15) is 30.2 Å². The van der Waals surface area contributed by atoms with Crippen LogP contribution in [0, 0.1) is 31.1 Å². The lowest BCUT2D eigenvalue weighted by atomic mass is 10.1. The van der Waals surface area contributed by atoms with Crippen LogP contribution in [0.5, 0.6) is 0 Å². The number of hydrogen-bond donors (Lipinski definition) is 0. The topological polar surface area (TPSA) is 81.1 Å². The quantitative estimate of drug-likeness (QED) is 0.307. The highest BCUT2D eigenvalue weighted by Crippen LogP contribution is 2.24. The molecule has 0 atom stereocenters. The Bertz CT molecular complexity index is 1070. The second-order valence-corrected chi connectivity index (χ2v) is 8.15. The number of nitrogens with zero attached hydrogens (tertiary/aromatic N) is 3. The number of rotatable bonds is 7. The van der Waals surface area contributed by atoms with Gasteiger partial charge in [0.2, 0.25) is 5.89 Å². The minimum Gasteiger partial charge on any atom is -0.455 e. The first-order chi connectivity index (χ1) is 13.9. The standard InChI is InChI=1S/C22H23N3O3S/c1-14(2)11-25-15(3)8-17(16(25)4)9-18(10-23)22(26)28-13-19-12-27-21(24-19)20-6-5-7-29-20/h5-9,12,14H,11,13H2,1-4H3/b18-9+. The zero-order chi connectivity index (χ0) is 21.0. The Morgan fingerprint density at radius 3 is 2.90 bits per heavy atom. The maximum absolute atomic E-state index is 12.4. The second-order valence-electron chi connectivity index (χ2n) is 7.20. The average Bonchev–Trinajstić information content (AvgIpc) is 3.41. The molecule has 3 aromatic rings. The molecule has 3 rings (SSSR count). The summed E-state index contributed by atoms with van der Waals surface area (Å²) >= 11 is 1.51. The third-order valence-corrected chi connectivity index (χ3v) is 5.29. The predicted octanol–water partition coefficient (Wildman–Crippen LogP) is 5.13. The summed E-state index contributed by atoms with van der Waals surface area (Å²) < 4.78 is 12.9. The third-order valence-electron chi connectivity index (χ3n) is 4.44. The van der Waals surface area contributed by atoms with Gasteiger partial charge in [-0.3, -0.25) is 0 Å². The number of ether oxygens (including phenoxy) is 1. The van der Waals surface area contributed by atoms with E-state index in [0.29, 0.717) is 17.5 Å². The number of carbonyl (C=O) groups excluding carboxylic acids is 1. The van der Waals surface area contributed by atoms with Crippen LogP contribution in [-0.4, -0.2) is 15.5 Å². The molecule has 0 saturated carbocycles. The van der Waals surface area contributed by atoms with Crippen molar-refractivity contribution in [3.8, 4) is 16.8 Å². The molecular weight excluding hydrogens is 386 g/mol. The van der Waals surface area contributed by atoms with Crippen molar-refractivity contribution < 1.29 is 13.9 Å². The van der Waals surface area contributed by atoms with Crippen molar-refractivity contribution in [2.24, 2.45) is 5.92 Å². The zero-order valence-electron chi connectivity index (χ0n) is 16.9. The Morgan fingerprint density at radius 1 is 1.45 bits per heavy atom. The Balaban J connectivity index is 1.70.